The fourth-order valence-electron chi connectivity index (χ4n) is 2.42. The van der Waals surface area contributed by atoms with Gasteiger partial charge in [0.25, 0.3) is 0 Å². The second-order valence-corrected chi connectivity index (χ2v) is 5.15. The van der Waals surface area contributed by atoms with Crippen LogP contribution in [0.5, 0.6) is 0 Å². The molecule has 3 nitrogen and oxygen atoms in total. The molecule has 0 N–H and O–H groups in total. The van der Waals surface area contributed by atoms with Crippen molar-refractivity contribution >= 4 is 5.78 Å². The Morgan fingerprint density at radius 1 is 1.48 bits per heavy atom. The second kappa shape index (κ2) is 5.86. The third-order valence-corrected chi connectivity index (χ3v) is 3.63. The summed E-state index contributed by atoms with van der Waals surface area (Å²) in [6.07, 6.45) is -4.52. The zero-order valence-electron chi connectivity index (χ0n) is 11.4. The number of nitriles is 1. The molecule has 3 atom stereocenters. The maximum absolute atomic E-state index is 12.7. The van der Waals surface area contributed by atoms with Gasteiger partial charge in [-0.25, -0.2) is 0 Å². The molecule has 1 aliphatic rings. The summed E-state index contributed by atoms with van der Waals surface area (Å²) in [4.78, 5) is 12.3. The molecular weight excluding hydrogens is 283 g/mol. The molecule has 1 heterocycles. The van der Waals surface area contributed by atoms with Crippen molar-refractivity contribution in [3.8, 4) is 6.07 Å². The van der Waals surface area contributed by atoms with Crippen molar-refractivity contribution in [1.82, 2.24) is 0 Å². The van der Waals surface area contributed by atoms with Gasteiger partial charge in [0.1, 0.15) is 12.0 Å². The van der Waals surface area contributed by atoms with Crippen LogP contribution in [0.4, 0.5) is 13.2 Å². The minimum Gasteiger partial charge on any atom is -0.370 e. The van der Waals surface area contributed by atoms with E-state index in [4.69, 9.17) is 4.74 Å². The monoisotopic (exact) mass is 297 g/mol. The molecule has 0 aromatic heterocycles. The Balaban J connectivity index is 2.30. The van der Waals surface area contributed by atoms with Gasteiger partial charge < -0.3 is 4.74 Å². The van der Waals surface area contributed by atoms with Gasteiger partial charge in [-0.15, -0.1) is 0 Å². The standard InChI is InChI=1S/C15H14F3NO2/c1-9-5-6-21-14(9)13(20)12(8-19)10-3-2-4-11(7-10)15(16,17)18/h2-4,7,9,12,14H,5-6H2,1H3. The first-order chi connectivity index (χ1) is 9.84. The maximum atomic E-state index is 12.7. The van der Waals surface area contributed by atoms with Crippen molar-refractivity contribution in [3.63, 3.8) is 0 Å². The van der Waals surface area contributed by atoms with Gasteiger partial charge in [-0.3, -0.25) is 4.79 Å². The van der Waals surface area contributed by atoms with Gasteiger partial charge in [-0.2, -0.15) is 18.4 Å². The fourth-order valence-corrected chi connectivity index (χ4v) is 2.42. The van der Waals surface area contributed by atoms with Gasteiger partial charge >= 0.3 is 6.18 Å². The van der Waals surface area contributed by atoms with E-state index in [1.165, 1.54) is 12.1 Å². The predicted octanol–water partition coefficient (Wildman–Crippen LogP) is 3.31. The van der Waals surface area contributed by atoms with E-state index in [1.807, 2.05) is 6.92 Å². The molecule has 1 saturated heterocycles. The van der Waals surface area contributed by atoms with Crippen LogP contribution in [0.25, 0.3) is 0 Å². The molecule has 1 aromatic carbocycles. The van der Waals surface area contributed by atoms with Gasteiger partial charge in [0, 0.05) is 6.61 Å². The summed E-state index contributed by atoms with van der Waals surface area (Å²) in [5, 5.41) is 9.18. The van der Waals surface area contributed by atoms with E-state index in [-0.39, 0.29) is 11.5 Å². The third kappa shape index (κ3) is 3.24. The zero-order valence-corrected chi connectivity index (χ0v) is 11.4. The first-order valence-electron chi connectivity index (χ1n) is 6.56. The number of halogens is 3. The van der Waals surface area contributed by atoms with Crippen molar-refractivity contribution < 1.29 is 22.7 Å². The number of nitrogens with zero attached hydrogens (tertiary/aromatic N) is 1. The molecule has 0 amide bonds. The Labute approximate surface area is 120 Å². The quantitative estimate of drug-likeness (QED) is 0.860. The minimum atomic E-state index is -4.50. The van der Waals surface area contributed by atoms with Gasteiger partial charge in [-0.05, 0) is 24.0 Å². The number of carbonyl (C=O) groups is 1. The van der Waals surface area contributed by atoms with Crippen LogP contribution < -0.4 is 0 Å². The molecule has 112 valence electrons. The Bertz CT molecular complexity index is 577. The smallest absolute Gasteiger partial charge is 0.370 e. The highest BCUT2D eigenvalue weighted by molar-refractivity contribution is 5.92. The number of ketones is 1. The second-order valence-electron chi connectivity index (χ2n) is 5.15. The Kier molecular flexibility index (Phi) is 4.33. The highest BCUT2D eigenvalue weighted by Gasteiger charge is 2.37. The molecule has 1 fully saturated rings. The van der Waals surface area contributed by atoms with Crippen molar-refractivity contribution in [3.05, 3.63) is 35.4 Å². The van der Waals surface area contributed by atoms with E-state index in [1.54, 1.807) is 6.07 Å². The normalized spacial score (nSPS) is 23.6. The SMILES string of the molecule is CC1CCOC1C(=O)C(C#N)c1cccc(C(F)(F)F)c1. The lowest BCUT2D eigenvalue weighted by Crippen LogP contribution is -2.30. The van der Waals surface area contributed by atoms with Crippen molar-refractivity contribution in [1.29, 1.82) is 5.26 Å². The lowest BCUT2D eigenvalue weighted by molar-refractivity contribution is -0.137. The summed E-state index contributed by atoms with van der Waals surface area (Å²) in [5.41, 5.74) is -0.812. The van der Waals surface area contributed by atoms with E-state index in [2.05, 4.69) is 0 Å². The van der Waals surface area contributed by atoms with Gasteiger partial charge in [0.15, 0.2) is 5.78 Å². The first kappa shape index (κ1) is 15.5. The van der Waals surface area contributed by atoms with Gasteiger partial charge in [-0.1, -0.05) is 25.1 Å². The summed E-state index contributed by atoms with van der Waals surface area (Å²) in [7, 11) is 0. The van der Waals surface area contributed by atoms with Crippen LogP contribution in [0.15, 0.2) is 24.3 Å². The number of benzene rings is 1. The van der Waals surface area contributed by atoms with Crippen LogP contribution >= 0.6 is 0 Å². The number of alkyl halides is 3. The van der Waals surface area contributed by atoms with Crippen LogP contribution in [0.3, 0.4) is 0 Å². The Morgan fingerprint density at radius 3 is 2.71 bits per heavy atom. The van der Waals surface area contributed by atoms with E-state index in [0.717, 1.165) is 12.1 Å². The molecule has 0 aliphatic carbocycles. The molecule has 0 bridgehead atoms. The van der Waals surface area contributed by atoms with Crippen LogP contribution in [-0.2, 0) is 15.7 Å². The molecule has 3 unspecified atom stereocenters. The number of ether oxygens (including phenoxy) is 1. The summed E-state index contributed by atoms with van der Waals surface area (Å²) >= 11 is 0. The largest absolute Gasteiger partial charge is 0.416 e. The molecule has 1 aromatic rings. The molecule has 0 spiro atoms. The average Bonchev–Trinajstić information content (AvgIpc) is 2.85. The minimum absolute atomic E-state index is 0.0286. The number of rotatable bonds is 3. The highest BCUT2D eigenvalue weighted by Crippen LogP contribution is 2.32. The van der Waals surface area contributed by atoms with E-state index < -0.39 is 29.5 Å². The van der Waals surface area contributed by atoms with E-state index in [9.17, 15) is 23.2 Å². The number of hydrogen-bond acceptors (Lipinski definition) is 3. The van der Waals surface area contributed by atoms with Gasteiger partial charge in [0.05, 0.1) is 11.6 Å². The number of carbonyl (C=O) groups excluding carboxylic acids is 1. The Hall–Kier alpha value is -1.87. The summed E-state index contributed by atoms with van der Waals surface area (Å²) < 4.78 is 43.4. The average molecular weight is 297 g/mol. The number of Topliss-reactive ketones (excluding diaryl/α,β-unsaturated/α-hetero) is 1. The summed E-state index contributed by atoms with van der Waals surface area (Å²) in [6.45, 7) is 2.26. The third-order valence-electron chi connectivity index (χ3n) is 3.63. The zero-order chi connectivity index (χ0) is 15.6. The maximum Gasteiger partial charge on any atom is 0.416 e. The van der Waals surface area contributed by atoms with Crippen LogP contribution in [0.1, 0.15) is 30.4 Å². The van der Waals surface area contributed by atoms with E-state index in [0.29, 0.717) is 13.0 Å². The number of hydrogen-bond donors (Lipinski definition) is 0. The van der Waals surface area contributed by atoms with Crippen LogP contribution in [-0.4, -0.2) is 18.5 Å². The lowest BCUT2D eigenvalue weighted by Gasteiger charge is -2.18. The van der Waals surface area contributed by atoms with Crippen molar-refractivity contribution in [2.24, 2.45) is 5.92 Å². The molecule has 6 heteroatoms. The fraction of sp³-hybridized carbons (Fsp3) is 0.467. The molecule has 2 rings (SSSR count). The van der Waals surface area contributed by atoms with Crippen LogP contribution in [0, 0.1) is 17.2 Å². The van der Waals surface area contributed by atoms with Crippen molar-refractivity contribution in [2.75, 3.05) is 6.61 Å². The first-order valence-corrected chi connectivity index (χ1v) is 6.56. The molecule has 21 heavy (non-hydrogen) atoms. The highest BCUT2D eigenvalue weighted by atomic mass is 19.4. The topological polar surface area (TPSA) is 50.1 Å². The van der Waals surface area contributed by atoms with Gasteiger partial charge in [0.2, 0.25) is 0 Å². The summed E-state index contributed by atoms with van der Waals surface area (Å²) in [6, 6.07) is 6.13. The van der Waals surface area contributed by atoms with Crippen LogP contribution in [0.2, 0.25) is 0 Å². The predicted molar refractivity (Wildman–Crippen MR) is 68.3 cm³/mol. The van der Waals surface area contributed by atoms with E-state index >= 15 is 0 Å². The Morgan fingerprint density at radius 2 is 2.19 bits per heavy atom. The van der Waals surface area contributed by atoms with Crippen molar-refractivity contribution in [2.45, 2.75) is 31.5 Å². The molecular formula is C15H14F3NO2. The molecule has 0 saturated carbocycles. The molecule has 1 aliphatic heterocycles. The lowest BCUT2D eigenvalue weighted by atomic mass is 9.88. The molecule has 0 radical (unpaired) electrons. The summed E-state index contributed by atoms with van der Waals surface area (Å²) in [5.74, 6) is -1.74.